The Morgan fingerprint density at radius 2 is 1.60 bits per heavy atom. The van der Waals surface area contributed by atoms with Crippen molar-refractivity contribution in [2.75, 3.05) is 11.0 Å². The lowest BCUT2D eigenvalue weighted by Crippen LogP contribution is -2.20. The molecule has 0 saturated heterocycles. The molecule has 0 spiro atoms. The Balaban J connectivity index is 1.43. The van der Waals surface area contributed by atoms with Crippen LogP contribution < -0.4 is 10.0 Å². The minimum atomic E-state index is -3.33. The minimum Gasteiger partial charge on any atom is -0.348 e. The van der Waals surface area contributed by atoms with Crippen LogP contribution in [0.4, 0.5) is 5.69 Å². The molecule has 8 heteroatoms. The fourth-order valence-electron chi connectivity index (χ4n) is 3.57. The maximum atomic E-state index is 12.5. The second kappa shape index (κ2) is 10.8. The Hall–Kier alpha value is -4.17. The predicted molar refractivity (Wildman–Crippen MR) is 139 cm³/mol. The molecule has 0 aliphatic rings. The number of hydrogen-bond acceptors (Lipinski definition) is 4. The Bertz CT molecular complexity index is 1410. The zero-order valence-corrected chi connectivity index (χ0v) is 20.1. The highest BCUT2D eigenvalue weighted by atomic mass is 32.2. The van der Waals surface area contributed by atoms with Gasteiger partial charge in [-0.25, -0.2) is 8.42 Å². The molecule has 1 heterocycles. The monoisotopic (exact) mass is 486 g/mol. The lowest BCUT2D eigenvalue weighted by atomic mass is 10.1. The van der Waals surface area contributed by atoms with Crippen molar-refractivity contribution in [3.63, 3.8) is 0 Å². The summed E-state index contributed by atoms with van der Waals surface area (Å²) in [6.45, 7) is 0.970. The van der Waals surface area contributed by atoms with Crippen LogP contribution in [-0.2, 0) is 27.9 Å². The highest BCUT2D eigenvalue weighted by molar-refractivity contribution is 7.92. The van der Waals surface area contributed by atoms with E-state index in [1.807, 2.05) is 59.4 Å². The van der Waals surface area contributed by atoms with Gasteiger partial charge in [-0.2, -0.15) is 5.10 Å². The average molecular weight is 487 g/mol. The Morgan fingerprint density at radius 1 is 0.943 bits per heavy atom. The molecule has 4 aromatic rings. The van der Waals surface area contributed by atoms with E-state index in [0.717, 1.165) is 34.2 Å². The number of nitrogens with zero attached hydrogens (tertiary/aromatic N) is 2. The first-order chi connectivity index (χ1) is 16.9. The molecule has 0 atom stereocenters. The van der Waals surface area contributed by atoms with Crippen molar-refractivity contribution in [1.29, 1.82) is 0 Å². The number of aromatic nitrogens is 2. The van der Waals surface area contributed by atoms with Gasteiger partial charge in [0.05, 0.1) is 18.5 Å². The van der Waals surface area contributed by atoms with Gasteiger partial charge in [-0.3, -0.25) is 14.2 Å². The van der Waals surface area contributed by atoms with E-state index >= 15 is 0 Å². The molecule has 4 rings (SSSR count). The number of carbonyl (C=O) groups is 1. The van der Waals surface area contributed by atoms with Crippen molar-refractivity contribution in [2.45, 2.75) is 13.1 Å². The third-order valence-electron chi connectivity index (χ3n) is 5.17. The predicted octanol–water partition coefficient (Wildman–Crippen LogP) is 4.30. The first kappa shape index (κ1) is 24.0. The largest absolute Gasteiger partial charge is 0.348 e. The van der Waals surface area contributed by atoms with E-state index in [1.54, 1.807) is 30.3 Å². The average Bonchev–Trinajstić information content (AvgIpc) is 3.25. The van der Waals surface area contributed by atoms with Gasteiger partial charge in [-0.1, -0.05) is 72.8 Å². The van der Waals surface area contributed by atoms with Crippen LogP contribution in [0.25, 0.3) is 17.3 Å². The second-order valence-corrected chi connectivity index (χ2v) is 9.85. The van der Waals surface area contributed by atoms with Gasteiger partial charge in [0.25, 0.3) is 0 Å². The molecule has 0 radical (unpaired) electrons. The Morgan fingerprint density at radius 3 is 2.26 bits per heavy atom. The van der Waals surface area contributed by atoms with Crippen LogP contribution in [0, 0.1) is 0 Å². The molecule has 0 aliphatic heterocycles. The van der Waals surface area contributed by atoms with Gasteiger partial charge in [0.15, 0.2) is 0 Å². The van der Waals surface area contributed by atoms with Gasteiger partial charge in [-0.15, -0.1) is 0 Å². The SMILES string of the molecule is CS(=O)(=O)Nc1ccc(/C=C/C(=O)NCc2cn(Cc3ccccc3)nc2-c2ccccc2)cc1. The summed E-state index contributed by atoms with van der Waals surface area (Å²) in [5.74, 6) is -0.238. The molecule has 0 saturated carbocycles. The summed E-state index contributed by atoms with van der Waals surface area (Å²) in [4.78, 5) is 12.5. The van der Waals surface area contributed by atoms with E-state index in [0.29, 0.717) is 18.8 Å². The molecule has 2 N–H and O–H groups in total. The van der Waals surface area contributed by atoms with Crippen molar-refractivity contribution in [1.82, 2.24) is 15.1 Å². The van der Waals surface area contributed by atoms with E-state index in [1.165, 1.54) is 6.08 Å². The number of benzene rings is 3. The minimum absolute atomic E-state index is 0.238. The molecule has 1 aromatic heterocycles. The molecule has 0 fully saturated rings. The summed E-state index contributed by atoms with van der Waals surface area (Å²) in [6.07, 6.45) is 6.19. The highest BCUT2D eigenvalue weighted by Gasteiger charge is 2.12. The zero-order chi connectivity index (χ0) is 24.7. The number of rotatable bonds is 9. The summed E-state index contributed by atoms with van der Waals surface area (Å²) < 4.78 is 26.9. The van der Waals surface area contributed by atoms with Crippen LogP contribution in [-0.4, -0.2) is 30.4 Å². The lowest BCUT2D eigenvalue weighted by molar-refractivity contribution is -0.116. The highest BCUT2D eigenvalue weighted by Crippen LogP contribution is 2.22. The second-order valence-electron chi connectivity index (χ2n) is 8.10. The number of amides is 1. The Kier molecular flexibility index (Phi) is 7.42. The number of nitrogens with one attached hydrogen (secondary N) is 2. The first-order valence-electron chi connectivity index (χ1n) is 11.1. The molecule has 1 amide bonds. The van der Waals surface area contributed by atoms with E-state index in [2.05, 4.69) is 22.2 Å². The third kappa shape index (κ3) is 7.15. The standard InChI is InChI=1S/C27H26N4O3S/c1-35(33,34)30-25-15-12-21(13-16-25)14-17-26(32)28-18-24-20-31(19-22-8-4-2-5-9-22)29-27(24)23-10-6-3-7-11-23/h2-17,20,30H,18-19H2,1H3,(H,28,32)/b17-14+. The summed E-state index contributed by atoms with van der Waals surface area (Å²) in [7, 11) is -3.33. The van der Waals surface area contributed by atoms with Crippen LogP contribution in [0.2, 0.25) is 0 Å². The molecule has 0 aliphatic carbocycles. The fourth-order valence-corrected chi connectivity index (χ4v) is 4.14. The van der Waals surface area contributed by atoms with Crippen LogP contribution in [0.5, 0.6) is 0 Å². The molecular formula is C27H26N4O3S. The molecule has 0 unspecified atom stereocenters. The zero-order valence-electron chi connectivity index (χ0n) is 19.3. The van der Waals surface area contributed by atoms with E-state index in [4.69, 9.17) is 5.10 Å². The molecule has 35 heavy (non-hydrogen) atoms. The van der Waals surface area contributed by atoms with Gasteiger partial charge in [0.1, 0.15) is 0 Å². The van der Waals surface area contributed by atoms with E-state index in [-0.39, 0.29) is 5.91 Å². The first-order valence-corrected chi connectivity index (χ1v) is 12.9. The fraction of sp³-hybridized carbons (Fsp3) is 0.111. The molecule has 7 nitrogen and oxygen atoms in total. The van der Waals surface area contributed by atoms with Gasteiger partial charge in [0, 0.05) is 35.6 Å². The molecule has 0 bridgehead atoms. The summed E-state index contributed by atoms with van der Waals surface area (Å²) in [5.41, 5.74) is 5.13. The number of hydrogen-bond donors (Lipinski definition) is 2. The quantitative estimate of drug-likeness (QED) is 0.345. The van der Waals surface area contributed by atoms with Crippen LogP contribution >= 0.6 is 0 Å². The number of sulfonamides is 1. The van der Waals surface area contributed by atoms with Crippen molar-refractivity contribution in [3.05, 3.63) is 114 Å². The summed E-state index contributed by atoms with van der Waals surface area (Å²) in [5, 5.41) is 7.71. The van der Waals surface area contributed by atoms with Crippen LogP contribution in [0.15, 0.2) is 97.2 Å². The molecule has 178 valence electrons. The Labute approximate surface area is 205 Å². The normalized spacial score (nSPS) is 11.5. The molecular weight excluding hydrogens is 460 g/mol. The van der Waals surface area contributed by atoms with Gasteiger partial charge in [-0.05, 0) is 29.3 Å². The van der Waals surface area contributed by atoms with Gasteiger partial charge < -0.3 is 5.32 Å². The van der Waals surface area contributed by atoms with E-state index in [9.17, 15) is 13.2 Å². The number of carbonyl (C=O) groups excluding carboxylic acids is 1. The topological polar surface area (TPSA) is 93.1 Å². The van der Waals surface area contributed by atoms with Crippen molar-refractivity contribution < 1.29 is 13.2 Å². The van der Waals surface area contributed by atoms with Gasteiger partial charge >= 0.3 is 0 Å². The molecule has 3 aromatic carbocycles. The van der Waals surface area contributed by atoms with Crippen LogP contribution in [0.3, 0.4) is 0 Å². The lowest BCUT2D eigenvalue weighted by Gasteiger charge is -2.04. The maximum Gasteiger partial charge on any atom is 0.244 e. The summed E-state index contributed by atoms with van der Waals surface area (Å²) in [6, 6.07) is 26.7. The van der Waals surface area contributed by atoms with Crippen LogP contribution in [0.1, 0.15) is 16.7 Å². The van der Waals surface area contributed by atoms with Crippen molar-refractivity contribution >= 4 is 27.7 Å². The maximum absolute atomic E-state index is 12.5. The third-order valence-corrected chi connectivity index (χ3v) is 5.77. The van der Waals surface area contributed by atoms with E-state index < -0.39 is 10.0 Å². The number of anilines is 1. The van der Waals surface area contributed by atoms with Gasteiger partial charge in [0.2, 0.25) is 15.9 Å². The smallest absolute Gasteiger partial charge is 0.244 e. The van der Waals surface area contributed by atoms with Crippen molar-refractivity contribution in [2.24, 2.45) is 0 Å². The summed E-state index contributed by atoms with van der Waals surface area (Å²) >= 11 is 0. The van der Waals surface area contributed by atoms with Crippen molar-refractivity contribution in [3.8, 4) is 11.3 Å².